The molecule has 2 aromatic rings. The Balaban J connectivity index is 2.54. The molecule has 166 valence electrons. The Morgan fingerprint density at radius 3 is 1.90 bits per heavy atom. The van der Waals surface area contributed by atoms with Crippen LogP contribution in [0.1, 0.15) is 45.7 Å². The van der Waals surface area contributed by atoms with Crippen LogP contribution in [0.3, 0.4) is 0 Å². The zero-order valence-corrected chi connectivity index (χ0v) is 17.3. The molecule has 0 aliphatic rings. The highest BCUT2D eigenvalue weighted by molar-refractivity contribution is 5.93. The average molecular weight is 434 g/mol. The number of benzene rings is 2. The van der Waals surface area contributed by atoms with Gasteiger partial charge in [-0.25, -0.2) is 0 Å². The van der Waals surface area contributed by atoms with Crippen LogP contribution in [0.15, 0.2) is 43.0 Å². The van der Waals surface area contributed by atoms with Crippen molar-refractivity contribution in [1.29, 1.82) is 0 Å². The summed E-state index contributed by atoms with van der Waals surface area (Å²) in [5, 5.41) is 11.4. The molecule has 0 amide bonds. The van der Waals surface area contributed by atoms with Crippen molar-refractivity contribution < 1.29 is 36.2 Å². The van der Waals surface area contributed by atoms with E-state index in [9.17, 15) is 31.4 Å². The first-order chi connectivity index (χ1) is 13.3. The van der Waals surface area contributed by atoms with Gasteiger partial charge in [0.05, 0.1) is 5.60 Å². The molecule has 0 aliphatic carbocycles. The minimum Gasteiger partial charge on any atom is -0.371 e. The summed E-state index contributed by atoms with van der Waals surface area (Å²) in [5.41, 5.74) is -7.64. The van der Waals surface area contributed by atoms with E-state index < -0.39 is 29.2 Å². The van der Waals surface area contributed by atoms with E-state index in [0.29, 0.717) is 19.4 Å². The van der Waals surface area contributed by atoms with Crippen molar-refractivity contribution in [2.24, 2.45) is 0 Å². The fourth-order valence-electron chi connectivity index (χ4n) is 3.64. The lowest BCUT2D eigenvalue weighted by Gasteiger charge is -2.47. The Morgan fingerprint density at radius 1 is 0.900 bits per heavy atom. The molecule has 0 aliphatic heterocycles. The molecule has 30 heavy (non-hydrogen) atoms. The Bertz CT molecular complexity index is 940. The van der Waals surface area contributed by atoms with Gasteiger partial charge in [0.15, 0.2) is 0 Å². The smallest absolute Gasteiger partial charge is 0.371 e. The average Bonchev–Trinajstić information content (AvgIpc) is 2.56. The van der Waals surface area contributed by atoms with Crippen LogP contribution in [-0.4, -0.2) is 28.7 Å². The predicted molar refractivity (Wildman–Crippen MR) is 104 cm³/mol. The maximum absolute atomic E-state index is 13.3. The van der Waals surface area contributed by atoms with Crippen molar-refractivity contribution >= 4 is 16.3 Å². The Hall–Kier alpha value is -2.06. The van der Waals surface area contributed by atoms with E-state index in [1.54, 1.807) is 30.3 Å². The fourth-order valence-corrected chi connectivity index (χ4v) is 3.64. The minimum absolute atomic E-state index is 0.355. The van der Waals surface area contributed by atoms with Gasteiger partial charge in [-0.3, -0.25) is 0 Å². The van der Waals surface area contributed by atoms with Gasteiger partial charge >= 0.3 is 12.4 Å². The van der Waals surface area contributed by atoms with Gasteiger partial charge in [0.25, 0.3) is 5.60 Å². The number of hydrogen-bond donors (Lipinski definition) is 1. The SMILES string of the molecule is C=C(C)c1cccc2cc(C(C)(C)OC(C)(C)C(O)(C(F)(F)F)C(F)(F)F)ccc12. The third-order valence-corrected chi connectivity index (χ3v) is 5.24. The Morgan fingerprint density at radius 2 is 1.43 bits per heavy atom. The lowest BCUT2D eigenvalue weighted by Crippen LogP contribution is -2.70. The van der Waals surface area contributed by atoms with Crippen molar-refractivity contribution in [3.8, 4) is 0 Å². The van der Waals surface area contributed by atoms with Gasteiger partial charge in [0.1, 0.15) is 5.60 Å². The van der Waals surface area contributed by atoms with Gasteiger partial charge in [0.2, 0.25) is 0 Å². The lowest BCUT2D eigenvalue weighted by atomic mass is 9.82. The summed E-state index contributed by atoms with van der Waals surface area (Å²) >= 11 is 0. The summed E-state index contributed by atoms with van der Waals surface area (Å²) in [6, 6.07) is 10.3. The molecule has 0 heterocycles. The molecule has 0 fully saturated rings. The molecular weight excluding hydrogens is 410 g/mol. The molecule has 0 radical (unpaired) electrons. The second kappa shape index (κ2) is 7.27. The van der Waals surface area contributed by atoms with Gasteiger partial charge in [-0.05, 0) is 62.6 Å². The van der Waals surface area contributed by atoms with Crippen molar-refractivity contribution in [3.05, 3.63) is 54.1 Å². The molecule has 0 spiro atoms. The van der Waals surface area contributed by atoms with E-state index in [2.05, 4.69) is 6.58 Å². The highest BCUT2D eigenvalue weighted by Gasteiger charge is 2.78. The first-order valence-corrected chi connectivity index (χ1v) is 9.10. The van der Waals surface area contributed by atoms with Crippen LogP contribution in [-0.2, 0) is 10.3 Å². The molecule has 0 saturated carbocycles. The van der Waals surface area contributed by atoms with Crippen molar-refractivity contribution in [2.45, 2.75) is 63.8 Å². The van der Waals surface area contributed by atoms with Crippen LogP contribution >= 0.6 is 0 Å². The molecule has 2 rings (SSSR count). The van der Waals surface area contributed by atoms with Crippen molar-refractivity contribution in [1.82, 2.24) is 0 Å². The molecule has 0 aromatic heterocycles. The quantitative estimate of drug-likeness (QED) is 0.527. The van der Waals surface area contributed by atoms with Gasteiger partial charge < -0.3 is 9.84 Å². The maximum Gasteiger partial charge on any atom is 0.429 e. The van der Waals surface area contributed by atoms with Crippen molar-refractivity contribution in [3.63, 3.8) is 0 Å². The maximum atomic E-state index is 13.3. The van der Waals surface area contributed by atoms with Gasteiger partial charge in [0, 0.05) is 0 Å². The predicted octanol–water partition coefficient (Wildman–Crippen LogP) is 6.76. The third kappa shape index (κ3) is 3.95. The molecule has 1 N–H and O–H groups in total. The molecule has 8 heteroatoms. The summed E-state index contributed by atoms with van der Waals surface area (Å²) in [7, 11) is 0. The van der Waals surface area contributed by atoms with E-state index in [-0.39, 0.29) is 0 Å². The first-order valence-electron chi connectivity index (χ1n) is 9.10. The monoisotopic (exact) mass is 434 g/mol. The summed E-state index contributed by atoms with van der Waals surface area (Å²) in [6.07, 6.45) is -12.0. The number of allylic oxidation sites excluding steroid dienone is 1. The van der Waals surface area contributed by atoms with Gasteiger partial charge in [-0.1, -0.05) is 42.5 Å². The third-order valence-electron chi connectivity index (χ3n) is 5.24. The van der Waals surface area contributed by atoms with Gasteiger partial charge in [-0.2, -0.15) is 26.3 Å². The van der Waals surface area contributed by atoms with Crippen LogP contribution in [0.2, 0.25) is 0 Å². The molecule has 2 aromatic carbocycles. The lowest BCUT2D eigenvalue weighted by molar-refractivity contribution is -0.420. The van der Waals surface area contributed by atoms with E-state index >= 15 is 0 Å². The van der Waals surface area contributed by atoms with Crippen LogP contribution in [0.4, 0.5) is 26.3 Å². The Kier molecular flexibility index (Phi) is 5.87. The molecular formula is C22H24F6O2. The van der Waals surface area contributed by atoms with Gasteiger partial charge in [-0.15, -0.1) is 0 Å². The van der Waals surface area contributed by atoms with E-state index in [0.717, 1.165) is 21.9 Å². The number of rotatable bonds is 5. The zero-order valence-electron chi connectivity index (χ0n) is 17.3. The molecule has 0 bridgehead atoms. The highest BCUT2D eigenvalue weighted by Crippen LogP contribution is 2.52. The molecule has 2 nitrogen and oxygen atoms in total. The van der Waals surface area contributed by atoms with Crippen LogP contribution in [0, 0.1) is 0 Å². The molecule has 0 unspecified atom stereocenters. The number of fused-ring (bicyclic) bond motifs is 1. The summed E-state index contributed by atoms with van der Waals surface area (Å²) in [4.78, 5) is 0. The number of halogens is 6. The topological polar surface area (TPSA) is 29.5 Å². The number of alkyl halides is 6. The normalized spacial score (nSPS) is 14.3. The van der Waals surface area contributed by atoms with E-state index in [4.69, 9.17) is 4.74 Å². The highest BCUT2D eigenvalue weighted by atomic mass is 19.4. The van der Waals surface area contributed by atoms with Crippen LogP contribution in [0.5, 0.6) is 0 Å². The summed E-state index contributed by atoms with van der Waals surface area (Å²) < 4.78 is 85.4. The van der Waals surface area contributed by atoms with E-state index in [1.165, 1.54) is 13.8 Å². The molecule has 0 atom stereocenters. The second-order valence-electron chi connectivity index (χ2n) is 8.35. The number of ether oxygens (including phenoxy) is 1. The second-order valence-corrected chi connectivity index (χ2v) is 8.35. The van der Waals surface area contributed by atoms with Crippen LogP contribution in [0.25, 0.3) is 16.3 Å². The molecule has 0 saturated heterocycles. The van der Waals surface area contributed by atoms with E-state index in [1.807, 2.05) is 13.0 Å². The minimum atomic E-state index is -6.00. The standard InChI is InChI=1S/C22H24F6O2/c1-13(2)16-9-7-8-14-12-15(10-11-17(14)16)18(3,4)30-19(5,6)20(29,21(23,24)25)22(26,27)28/h7-12,29H,1H2,2-6H3. The largest absolute Gasteiger partial charge is 0.429 e. The first kappa shape index (κ1) is 24.2. The number of hydrogen-bond acceptors (Lipinski definition) is 2. The van der Waals surface area contributed by atoms with Crippen molar-refractivity contribution in [2.75, 3.05) is 0 Å². The summed E-state index contributed by atoms with van der Waals surface area (Å²) in [5.74, 6) is 0. The zero-order chi connectivity index (χ0) is 23.3. The Labute approximate surface area is 171 Å². The van der Waals surface area contributed by atoms with Crippen LogP contribution < -0.4 is 0 Å². The number of aliphatic hydroxyl groups is 1. The fraction of sp³-hybridized carbons (Fsp3) is 0.455. The summed E-state index contributed by atoms with van der Waals surface area (Å²) in [6.45, 7) is 9.59.